The number of benzene rings is 1. The van der Waals surface area contributed by atoms with Gasteiger partial charge in [-0.25, -0.2) is 9.59 Å². The van der Waals surface area contributed by atoms with Crippen molar-refractivity contribution in [3.05, 3.63) is 61.4 Å². The van der Waals surface area contributed by atoms with Crippen LogP contribution >= 0.6 is 11.6 Å². The minimum Gasteiger partial charge on any atom is -0.478 e. The van der Waals surface area contributed by atoms with Crippen molar-refractivity contribution in [1.29, 1.82) is 0 Å². The lowest BCUT2D eigenvalue weighted by Gasteiger charge is -2.07. The fraction of sp³-hybridized carbons (Fsp3) is 0. The first kappa shape index (κ1) is 14.5. The summed E-state index contributed by atoms with van der Waals surface area (Å²) in [7, 11) is 0. The van der Waals surface area contributed by atoms with Crippen LogP contribution in [0.1, 0.15) is 20.7 Å². The summed E-state index contributed by atoms with van der Waals surface area (Å²) in [6.07, 6.45) is 0.950. The highest BCUT2D eigenvalue weighted by Gasteiger charge is 2.14. The summed E-state index contributed by atoms with van der Waals surface area (Å²) >= 11 is 5.85. The minimum atomic E-state index is -1.19. The van der Waals surface area contributed by atoms with Gasteiger partial charge < -0.3 is 15.4 Å². The second-order valence-electron chi connectivity index (χ2n) is 3.94. The third-order valence-electron chi connectivity index (χ3n) is 2.53. The van der Waals surface area contributed by atoms with Crippen molar-refractivity contribution in [1.82, 2.24) is 9.97 Å². The van der Waals surface area contributed by atoms with E-state index in [2.05, 4.69) is 10.3 Å². The molecule has 1 heterocycles. The van der Waals surface area contributed by atoms with Gasteiger partial charge in [-0.1, -0.05) is 11.6 Å². The van der Waals surface area contributed by atoms with Gasteiger partial charge >= 0.3 is 11.7 Å². The molecule has 21 heavy (non-hydrogen) atoms. The first-order valence-electron chi connectivity index (χ1n) is 5.54. The molecule has 0 fully saturated rings. The molecule has 0 aliphatic rings. The second kappa shape index (κ2) is 5.63. The standard InChI is InChI=1S/C12H8ClN3O5/c13-7-2-1-5(11(19)20)3-8(7)15-9(17)6-4-14-12(21)16-10(6)18/h1-4H,(H,15,17)(H,19,20)(H2,14,16,18,21). The maximum atomic E-state index is 11.9. The van der Waals surface area contributed by atoms with Crippen molar-refractivity contribution in [3.8, 4) is 0 Å². The van der Waals surface area contributed by atoms with Gasteiger partial charge in [0.15, 0.2) is 0 Å². The van der Waals surface area contributed by atoms with Gasteiger partial charge in [0, 0.05) is 6.20 Å². The van der Waals surface area contributed by atoms with Gasteiger partial charge in [0.05, 0.1) is 16.3 Å². The van der Waals surface area contributed by atoms with Crippen LogP contribution in [0.4, 0.5) is 5.69 Å². The van der Waals surface area contributed by atoms with Crippen LogP contribution in [0.15, 0.2) is 34.0 Å². The molecule has 0 bridgehead atoms. The number of H-pyrrole nitrogens is 2. The van der Waals surface area contributed by atoms with Gasteiger partial charge in [0.1, 0.15) is 5.56 Å². The molecule has 2 rings (SSSR count). The molecular weight excluding hydrogens is 302 g/mol. The monoisotopic (exact) mass is 309 g/mol. The molecule has 9 heteroatoms. The van der Waals surface area contributed by atoms with Crippen molar-refractivity contribution in [2.45, 2.75) is 0 Å². The molecule has 0 atom stereocenters. The summed E-state index contributed by atoms with van der Waals surface area (Å²) in [5.74, 6) is -2.03. The maximum Gasteiger partial charge on any atom is 0.335 e. The van der Waals surface area contributed by atoms with Crippen LogP contribution in [0, 0.1) is 0 Å². The molecule has 1 aromatic heterocycles. The van der Waals surface area contributed by atoms with E-state index in [9.17, 15) is 19.2 Å². The Balaban J connectivity index is 2.35. The fourth-order valence-corrected chi connectivity index (χ4v) is 1.69. The number of anilines is 1. The van der Waals surface area contributed by atoms with E-state index in [0.29, 0.717) is 0 Å². The van der Waals surface area contributed by atoms with Crippen molar-refractivity contribution in [2.24, 2.45) is 0 Å². The third kappa shape index (κ3) is 3.18. The van der Waals surface area contributed by atoms with Gasteiger partial charge in [0.2, 0.25) is 0 Å². The van der Waals surface area contributed by atoms with Crippen LogP contribution in [0.3, 0.4) is 0 Å². The predicted molar refractivity (Wildman–Crippen MR) is 74.0 cm³/mol. The second-order valence-corrected chi connectivity index (χ2v) is 4.35. The summed E-state index contributed by atoms with van der Waals surface area (Å²) in [6.45, 7) is 0. The number of hydrogen-bond acceptors (Lipinski definition) is 4. The van der Waals surface area contributed by atoms with Crippen LogP contribution in [0.2, 0.25) is 5.02 Å². The lowest BCUT2D eigenvalue weighted by molar-refractivity contribution is 0.0696. The Bertz CT molecular complexity index is 839. The van der Waals surface area contributed by atoms with Gasteiger partial charge in [-0.3, -0.25) is 14.6 Å². The number of amides is 1. The first-order chi connectivity index (χ1) is 9.88. The van der Waals surface area contributed by atoms with E-state index < -0.39 is 23.1 Å². The summed E-state index contributed by atoms with van der Waals surface area (Å²) < 4.78 is 0. The van der Waals surface area contributed by atoms with Crippen LogP contribution < -0.4 is 16.6 Å². The lowest BCUT2D eigenvalue weighted by Crippen LogP contribution is -2.29. The van der Waals surface area contributed by atoms with Gasteiger partial charge in [-0.2, -0.15) is 0 Å². The Morgan fingerprint density at radius 1 is 1.24 bits per heavy atom. The number of nitrogens with one attached hydrogen (secondary N) is 3. The molecule has 108 valence electrons. The molecular formula is C12H8ClN3O5. The number of aromatic carboxylic acids is 1. The quantitative estimate of drug-likeness (QED) is 0.661. The van der Waals surface area contributed by atoms with E-state index in [0.717, 1.165) is 12.3 Å². The SMILES string of the molecule is O=C(O)c1ccc(Cl)c(NC(=O)c2c[nH]c(=O)[nH]c2=O)c1. The van der Waals surface area contributed by atoms with E-state index in [1.165, 1.54) is 12.1 Å². The average Bonchev–Trinajstić information content (AvgIpc) is 2.40. The zero-order chi connectivity index (χ0) is 15.6. The Hall–Kier alpha value is -2.87. The van der Waals surface area contributed by atoms with Crippen molar-refractivity contribution < 1.29 is 14.7 Å². The topological polar surface area (TPSA) is 132 Å². The zero-order valence-electron chi connectivity index (χ0n) is 10.3. The average molecular weight is 310 g/mol. The molecule has 0 saturated heterocycles. The Kier molecular flexibility index (Phi) is 3.90. The van der Waals surface area contributed by atoms with Gasteiger partial charge in [-0.05, 0) is 18.2 Å². The fourth-order valence-electron chi connectivity index (χ4n) is 1.52. The van der Waals surface area contributed by atoms with Crippen LogP contribution in [-0.4, -0.2) is 27.0 Å². The highest BCUT2D eigenvalue weighted by molar-refractivity contribution is 6.34. The molecule has 0 spiro atoms. The highest BCUT2D eigenvalue weighted by Crippen LogP contribution is 2.23. The molecule has 1 aromatic carbocycles. The number of carboxylic acids is 1. The van der Waals surface area contributed by atoms with E-state index >= 15 is 0 Å². The Morgan fingerprint density at radius 3 is 2.57 bits per heavy atom. The lowest BCUT2D eigenvalue weighted by atomic mass is 10.2. The zero-order valence-corrected chi connectivity index (χ0v) is 11.0. The summed E-state index contributed by atoms with van der Waals surface area (Å²) in [5.41, 5.74) is -2.01. The number of carboxylic acid groups (broad SMARTS) is 1. The highest BCUT2D eigenvalue weighted by atomic mass is 35.5. The van der Waals surface area contributed by atoms with E-state index in [-0.39, 0.29) is 21.8 Å². The van der Waals surface area contributed by atoms with Gasteiger partial charge in [0.25, 0.3) is 11.5 Å². The minimum absolute atomic E-state index is 0.0344. The molecule has 0 aliphatic carbocycles. The number of halogens is 1. The van der Waals surface area contributed by atoms with Crippen LogP contribution in [0.25, 0.3) is 0 Å². The smallest absolute Gasteiger partial charge is 0.335 e. The molecule has 1 amide bonds. The first-order valence-corrected chi connectivity index (χ1v) is 5.92. The molecule has 0 saturated carbocycles. The molecule has 2 aromatic rings. The number of hydrogen-bond donors (Lipinski definition) is 4. The Labute approximate surface area is 121 Å². The third-order valence-corrected chi connectivity index (χ3v) is 2.86. The van der Waals surface area contributed by atoms with Crippen LogP contribution in [-0.2, 0) is 0 Å². The number of aromatic nitrogens is 2. The van der Waals surface area contributed by atoms with Crippen LogP contribution in [0.5, 0.6) is 0 Å². The van der Waals surface area contributed by atoms with Gasteiger partial charge in [-0.15, -0.1) is 0 Å². The number of carbonyl (C=O) groups excluding carboxylic acids is 1. The number of rotatable bonds is 3. The van der Waals surface area contributed by atoms with E-state index in [4.69, 9.17) is 16.7 Å². The van der Waals surface area contributed by atoms with Crippen molar-refractivity contribution >= 4 is 29.2 Å². The van der Waals surface area contributed by atoms with Crippen molar-refractivity contribution in [2.75, 3.05) is 5.32 Å². The maximum absolute atomic E-state index is 11.9. The molecule has 0 radical (unpaired) electrons. The summed E-state index contributed by atoms with van der Waals surface area (Å²) in [5, 5.41) is 11.3. The largest absolute Gasteiger partial charge is 0.478 e. The normalized spacial score (nSPS) is 10.1. The number of carbonyl (C=O) groups is 2. The Morgan fingerprint density at radius 2 is 1.95 bits per heavy atom. The molecule has 0 unspecified atom stereocenters. The number of aromatic amines is 2. The molecule has 4 N–H and O–H groups in total. The van der Waals surface area contributed by atoms with Crippen molar-refractivity contribution in [3.63, 3.8) is 0 Å². The molecule has 8 nitrogen and oxygen atoms in total. The predicted octanol–water partition coefficient (Wildman–Crippen LogP) is 0.667. The van der Waals surface area contributed by atoms with E-state index in [1.807, 2.05) is 4.98 Å². The molecule has 0 aliphatic heterocycles. The summed E-state index contributed by atoms with van der Waals surface area (Å²) in [6, 6.07) is 3.73. The summed E-state index contributed by atoms with van der Waals surface area (Å²) in [4.78, 5) is 49.2. The van der Waals surface area contributed by atoms with E-state index in [1.54, 1.807) is 0 Å².